The third kappa shape index (κ3) is 5.96. The molecule has 1 aromatic carbocycles. The van der Waals surface area contributed by atoms with Crippen molar-refractivity contribution in [1.29, 1.82) is 0 Å². The molecule has 0 saturated carbocycles. The van der Waals surface area contributed by atoms with Crippen molar-refractivity contribution in [2.75, 3.05) is 26.3 Å². The predicted octanol–water partition coefficient (Wildman–Crippen LogP) is 3.27. The van der Waals surface area contributed by atoms with Crippen molar-refractivity contribution < 1.29 is 14.3 Å². The second-order valence-corrected chi connectivity index (χ2v) is 8.19. The van der Waals surface area contributed by atoms with Crippen LogP contribution in [0, 0.1) is 13.8 Å². The minimum atomic E-state index is -0.224. The second kappa shape index (κ2) is 10.6. The molecule has 8 heteroatoms. The van der Waals surface area contributed by atoms with E-state index in [-0.39, 0.29) is 12.0 Å². The first kappa shape index (κ1) is 22.9. The van der Waals surface area contributed by atoms with E-state index in [0.717, 1.165) is 35.2 Å². The van der Waals surface area contributed by atoms with Crippen LogP contribution >= 0.6 is 0 Å². The first-order valence-corrected chi connectivity index (χ1v) is 11.5. The van der Waals surface area contributed by atoms with Crippen LogP contribution in [0.3, 0.4) is 0 Å². The molecule has 0 radical (unpaired) electrons. The van der Waals surface area contributed by atoms with Gasteiger partial charge >= 0.3 is 0 Å². The minimum Gasteiger partial charge on any atom is -0.494 e. The second-order valence-electron chi connectivity index (χ2n) is 8.19. The molecule has 1 saturated heterocycles. The summed E-state index contributed by atoms with van der Waals surface area (Å²) < 4.78 is 13.3. The van der Waals surface area contributed by atoms with E-state index in [1.807, 2.05) is 56.0 Å². The van der Waals surface area contributed by atoms with Crippen LogP contribution in [0.1, 0.15) is 48.0 Å². The van der Waals surface area contributed by atoms with E-state index in [0.29, 0.717) is 39.3 Å². The summed E-state index contributed by atoms with van der Waals surface area (Å²) in [5, 5.41) is 4.34. The van der Waals surface area contributed by atoms with Gasteiger partial charge in [-0.3, -0.25) is 9.78 Å². The van der Waals surface area contributed by atoms with E-state index in [4.69, 9.17) is 14.5 Å². The fourth-order valence-electron chi connectivity index (χ4n) is 4.04. The van der Waals surface area contributed by atoms with Gasteiger partial charge in [0, 0.05) is 25.1 Å². The van der Waals surface area contributed by atoms with Gasteiger partial charge in [0.15, 0.2) is 0 Å². The summed E-state index contributed by atoms with van der Waals surface area (Å²) in [6, 6.07) is 14.1. The first-order chi connectivity index (χ1) is 16.0. The number of amides is 1. The maximum absolute atomic E-state index is 12.8. The Morgan fingerprint density at radius 2 is 1.97 bits per heavy atom. The van der Waals surface area contributed by atoms with Crippen molar-refractivity contribution in [2.45, 2.75) is 46.3 Å². The van der Waals surface area contributed by atoms with Gasteiger partial charge < -0.3 is 14.4 Å². The normalized spacial score (nSPS) is 16.1. The number of nitrogens with zero attached hydrogens (tertiary/aromatic N) is 5. The van der Waals surface area contributed by atoms with E-state index < -0.39 is 0 Å². The summed E-state index contributed by atoms with van der Waals surface area (Å²) in [5.74, 6) is 2.52. The maximum Gasteiger partial charge on any atom is 0.224 e. The molecule has 1 amide bonds. The van der Waals surface area contributed by atoms with Gasteiger partial charge in [0.25, 0.3) is 0 Å². The summed E-state index contributed by atoms with van der Waals surface area (Å²) in [4.78, 5) is 23.8. The molecule has 2 aromatic heterocycles. The van der Waals surface area contributed by atoms with E-state index in [1.54, 1.807) is 4.68 Å². The zero-order chi connectivity index (χ0) is 23.2. The molecule has 1 aliphatic rings. The smallest absolute Gasteiger partial charge is 0.224 e. The molecule has 3 aromatic rings. The molecule has 3 heterocycles. The number of carbonyl (C=O) groups excluding carboxylic acids is 1. The van der Waals surface area contributed by atoms with Crippen LogP contribution in [-0.4, -0.2) is 56.9 Å². The van der Waals surface area contributed by atoms with Gasteiger partial charge in [-0.15, -0.1) is 0 Å². The number of ether oxygens (including phenoxy) is 2. The third-order valence-electron chi connectivity index (χ3n) is 5.70. The van der Waals surface area contributed by atoms with Crippen LogP contribution in [0.25, 0.3) is 0 Å². The number of aromatic nitrogens is 4. The Hall–Kier alpha value is -3.26. The lowest BCUT2D eigenvalue weighted by Crippen LogP contribution is -2.42. The molecule has 33 heavy (non-hydrogen) atoms. The van der Waals surface area contributed by atoms with Crippen molar-refractivity contribution in [2.24, 2.45) is 0 Å². The molecule has 0 bridgehead atoms. The van der Waals surface area contributed by atoms with Gasteiger partial charge in [0.05, 0.1) is 32.0 Å². The molecule has 8 nitrogen and oxygen atoms in total. The number of carbonyl (C=O) groups is 1. The van der Waals surface area contributed by atoms with Crippen molar-refractivity contribution >= 4 is 5.91 Å². The third-order valence-corrected chi connectivity index (χ3v) is 5.70. The van der Waals surface area contributed by atoms with Crippen molar-refractivity contribution in [3.8, 4) is 5.75 Å². The highest BCUT2D eigenvalue weighted by Crippen LogP contribution is 2.22. The fraction of sp³-hybridized carbons (Fsp3) is 0.440. The van der Waals surface area contributed by atoms with Gasteiger partial charge in [-0.1, -0.05) is 18.2 Å². The average Bonchev–Trinajstić information content (AvgIpc) is 3.16. The Balaban J connectivity index is 1.36. The molecule has 1 aliphatic heterocycles. The van der Waals surface area contributed by atoms with E-state index in [9.17, 15) is 4.79 Å². The maximum atomic E-state index is 12.8. The van der Waals surface area contributed by atoms with Gasteiger partial charge in [0.1, 0.15) is 23.5 Å². The zero-order valence-electron chi connectivity index (χ0n) is 19.5. The first-order valence-electron chi connectivity index (χ1n) is 11.5. The summed E-state index contributed by atoms with van der Waals surface area (Å²) >= 11 is 0. The quantitative estimate of drug-likeness (QED) is 0.525. The van der Waals surface area contributed by atoms with Crippen LogP contribution in [0.2, 0.25) is 0 Å². The van der Waals surface area contributed by atoms with Crippen molar-refractivity contribution in [1.82, 2.24) is 24.6 Å². The molecule has 1 unspecified atom stereocenters. The number of hydrogen-bond acceptors (Lipinski definition) is 6. The Bertz CT molecular complexity index is 1080. The standard InChI is InChI=1S/C25H31N5O3/c1-4-32-22-10-8-20(9-11-22)16-21-6-5-7-23(27-21)24-17-29(14-15-33-24)25(31)12-13-30-19(3)26-18(2)28-30/h5-11,24H,4,12-17H2,1-3H3. The number of rotatable bonds is 8. The minimum absolute atomic E-state index is 0.0985. The van der Waals surface area contributed by atoms with Crippen molar-refractivity contribution in [3.63, 3.8) is 0 Å². The highest BCUT2D eigenvalue weighted by molar-refractivity contribution is 5.76. The summed E-state index contributed by atoms with van der Waals surface area (Å²) in [5.41, 5.74) is 3.00. The molecular formula is C25H31N5O3. The Kier molecular flexibility index (Phi) is 7.34. The lowest BCUT2D eigenvalue weighted by Gasteiger charge is -2.33. The molecule has 0 spiro atoms. The Morgan fingerprint density at radius 3 is 2.70 bits per heavy atom. The number of aryl methyl sites for hydroxylation is 3. The molecule has 4 rings (SSSR count). The topological polar surface area (TPSA) is 82.4 Å². The van der Waals surface area contributed by atoms with Crippen LogP contribution in [0.5, 0.6) is 5.75 Å². The van der Waals surface area contributed by atoms with Gasteiger partial charge in [0.2, 0.25) is 5.91 Å². The van der Waals surface area contributed by atoms with Gasteiger partial charge in [-0.05, 0) is 50.6 Å². The van der Waals surface area contributed by atoms with Gasteiger partial charge in [-0.25, -0.2) is 9.67 Å². The summed E-state index contributed by atoms with van der Waals surface area (Å²) in [6.45, 7) is 8.53. The number of hydrogen-bond donors (Lipinski definition) is 0. The number of benzene rings is 1. The highest BCUT2D eigenvalue weighted by Gasteiger charge is 2.26. The molecule has 0 aliphatic carbocycles. The molecule has 174 valence electrons. The number of pyridine rings is 1. The van der Waals surface area contributed by atoms with E-state index in [2.05, 4.69) is 22.2 Å². The van der Waals surface area contributed by atoms with Crippen molar-refractivity contribution in [3.05, 3.63) is 71.1 Å². The number of morpholine rings is 1. The Labute approximate surface area is 194 Å². The lowest BCUT2D eigenvalue weighted by molar-refractivity contribution is -0.139. The lowest BCUT2D eigenvalue weighted by atomic mass is 10.1. The van der Waals surface area contributed by atoms with Crippen LogP contribution in [-0.2, 0) is 22.5 Å². The summed E-state index contributed by atoms with van der Waals surface area (Å²) in [6.07, 6.45) is 0.895. The monoisotopic (exact) mass is 449 g/mol. The SMILES string of the molecule is CCOc1ccc(Cc2cccc(C3CN(C(=O)CCn4nc(C)nc4C)CCO3)n2)cc1. The molecule has 1 atom stereocenters. The average molecular weight is 450 g/mol. The zero-order valence-corrected chi connectivity index (χ0v) is 19.5. The summed E-state index contributed by atoms with van der Waals surface area (Å²) in [7, 11) is 0. The molecule has 0 N–H and O–H groups in total. The fourth-order valence-corrected chi connectivity index (χ4v) is 4.04. The Morgan fingerprint density at radius 1 is 1.15 bits per heavy atom. The van der Waals surface area contributed by atoms with Crippen LogP contribution < -0.4 is 4.74 Å². The largest absolute Gasteiger partial charge is 0.494 e. The predicted molar refractivity (Wildman–Crippen MR) is 124 cm³/mol. The van der Waals surface area contributed by atoms with E-state index >= 15 is 0 Å². The van der Waals surface area contributed by atoms with E-state index in [1.165, 1.54) is 5.56 Å². The molecule has 1 fully saturated rings. The van der Waals surface area contributed by atoms with Crippen LogP contribution in [0.15, 0.2) is 42.5 Å². The van der Waals surface area contributed by atoms with Gasteiger partial charge in [-0.2, -0.15) is 5.10 Å². The van der Waals surface area contributed by atoms with Crippen LogP contribution in [0.4, 0.5) is 0 Å². The molecular weight excluding hydrogens is 418 g/mol. The highest BCUT2D eigenvalue weighted by atomic mass is 16.5.